The van der Waals surface area contributed by atoms with E-state index < -0.39 is 0 Å². The van der Waals surface area contributed by atoms with E-state index in [0.29, 0.717) is 5.28 Å². The summed E-state index contributed by atoms with van der Waals surface area (Å²) in [5, 5.41) is 3.48. The number of halogens is 1. The Bertz CT molecular complexity index is 558. The van der Waals surface area contributed by atoms with E-state index in [4.69, 9.17) is 11.6 Å². The lowest BCUT2D eigenvalue weighted by atomic mass is 9.93. The lowest BCUT2D eigenvalue weighted by Gasteiger charge is -2.14. The van der Waals surface area contributed by atoms with Crippen LogP contribution in [0.2, 0.25) is 5.28 Å². The summed E-state index contributed by atoms with van der Waals surface area (Å²) >= 11 is 7.49. The average molecular weight is 282 g/mol. The molecule has 0 N–H and O–H groups in total. The molecule has 3 nitrogen and oxygen atoms in total. The van der Waals surface area contributed by atoms with Gasteiger partial charge in [0.1, 0.15) is 0 Å². The zero-order valence-electron chi connectivity index (χ0n) is 11.0. The summed E-state index contributed by atoms with van der Waals surface area (Å²) < 4.78 is 0. The predicted molar refractivity (Wildman–Crippen MR) is 75.4 cm³/mol. The third-order valence-corrected chi connectivity index (χ3v) is 3.72. The van der Waals surface area contributed by atoms with E-state index in [0.717, 1.165) is 28.4 Å². The van der Waals surface area contributed by atoms with Crippen LogP contribution in [0.3, 0.4) is 0 Å². The maximum Gasteiger partial charge on any atom is 0.222 e. The Morgan fingerprint density at radius 3 is 2.61 bits per heavy atom. The van der Waals surface area contributed by atoms with Gasteiger partial charge in [0.15, 0.2) is 0 Å². The van der Waals surface area contributed by atoms with Crippen molar-refractivity contribution in [2.45, 2.75) is 39.5 Å². The first kappa shape index (κ1) is 13.4. The highest BCUT2D eigenvalue weighted by molar-refractivity contribution is 7.09. The summed E-state index contributed by atoms with van der Waals surface area (Å²) in [5.41, 5.74) is 3.21. The highest BCUT2D eigenvalue weighted by Crippen LogP contribution is 2.25. The van der Waals surface area contributed by atoms with E-state index in [2.05, 4.69) is 41.1 Å². The second-order valence-electron chi connectivity index (χ2n) is 5.32. The summed E-state index contributed by atoms with van der Waals surface area (Å²) in [7, 11) is 0. The molecule has 0 amide bonds. The van der Waals surface area contributed by atoms with Gasteiger partial charge in [-0.25, -0.2) is 15.0 Å². The van der Waals surface area contributed by atoms with Crippen LogP contribution in [0.25, 0.3) is 0 Å². The number of hydrogen-bond acceptors (Lipinski definition) is 4. The maximum atomic E-state index is 5.82. The lowest BCUT2D eigenvalue weighted by Crippen LogP contribution is -2.11. The Morgan fingerprint density at radius 1 is 1.28 bits per heavy atom. The quantitative estimate of drug-likeness (QED) is 0.786. The van der Waals surface area contributed by atoms with Gasteiger partial charge in [-0.1, -0.05) is 20.8 Å². The monoisotopic (exact) mass is 281 g/mol. The molecule has 2 rings (SSSR count). The molecule has 2 heterocycles. The van der Waals surface area contributed by atoms with Crippen molar-refractivity contribution in [3.63, 3.8) is 0 Å². The Balaban J connectivity index is 2.24. The fraction of sp³-hybridized carbons (Fsp3) is 0.462. The molecular weight excluding hydrogens is 266 g/mol. The van der Waals surface area contributed by atoms with Gasteiger partial charge in [-0.05, 0) is 24.1 Å². The van der Waals surface area contributed by atoms with E-state index in [9.17, 15) is 0 Å². The van der Waals surface area contributed by atoms with Crippen LogP contribution in [0.5, 0.6) is 0 Å². The zero-order chi connectivity index (χ0) is 13.3. The number of hydrogen-bond donors (Lipinski definition) is 0. The highest BCUT2D eigenvalue weighted by Gasteiger charge is 2.18. The van der Waals surface area contributed by atoms with Gasteiger partial charge in [0.25, 0.3) is 0 Å². The van der Waals surface area contributed by atoms with Gasteiger partial charge in [0.2, 0.25) is 5.28 Å². The largest absolute Gasteiger partial charge is 0.245 e. The molecule has 0 aliphatic heterocycles. The smallest absolute Gasteiger partial charge is 0.222 e. The molecule has 0 unspecified atom stereocenters. The summed E-state index contributed by atoms with van der Waals surface area (Å²) in [6, 6.07) is 0. The molecule has 0 aliphatic carbocycles. The molecule has 0 saturated carbocycles. The Kier molecular flexibility index (Phi) is 3.69. The van der Waals surface area contributed by atoms with Crippen molar-refractivity contribution in [2.24, 2.45) is 0 Å². The van der Waals surface area contributed by atoms with E-state index in [-0.39, 0.29) is 5.41 Å². The van der Waals surface area contributed by atoms with E-state index in [1.807, 2.05) is 6.92 Å². The number of nitrogens with zero attached hydrogens (tertiary/aromatic N) is 3. The SMILES string of the molecule is Cc1cnc(Cl)nc1Cc1nc(C(C)(C)C)cs1. The first-order valence-corrected chi connectivity index (χ1v) is 7.05. The molecule has 0 spiro atoms. The van der Waals surface area contributed by atoms with E-state index >= 15 is 0 Å². The van der Waals surface area contributed by atoms with Gasteiger partial charge < -0.3 is 0 Å². The van der Waals surface area contributed by atoms with Gasteiger partial charge in [0.05, 0.1) is 16.4 Å². The molecule has 0 fully saturated rings. The summed E-state index contributed by atoms with van der Waals surface area (Å²) in [6.07, 6.45) is 2.47. The number of rotatable bonds is 2. The molecular formula is C13H16ClN3S. The molecule has 0 atom stereocenters. The topological polar surface area (TPSA) is 38.7 Å². The van der Waals surface area contributed by atoms with Crippen LogP contribution in [0.15, 0.2) is 11.6 Å². The van der Waals surface area contributed by atoms with Crippen molar-refractivity contribution in [1.82, 2.24) is 15.0 Å². The molecule has 0 aliphatic rings. The normalized spacial score (nSPS) is 11.8. The molecule has 2 aromatic rings. The molecule has 0 radical (unpaired) electrons. The van der Waals surface area contributed by atoms with Crippen LogP contribution in [0, 0.1) is 6.92 Å². The molecule has 5 heteroatoms. The minimum absolute atomic E-state index is 0.0904. The summed E-state index contributed by atoms with van der Waals surface area (Å²) in [4.78, 5) is 12.9. The second kappa shape index (κ2) is 4.94. The fourth-order valence-corrected chi connectivity index (χ4v) is 2.69. The molecule has 0 saturated heterocycles. The Labute approximate surface area is 116 Å². The van der Waals surface area contributed by atoms with Gasteiger partial charge >= 0.3 is 0 Å². The first-order valence-electron chi connectivity index (χ1n) is 5.79. The van der Waals surface area contributed by atoms with E-state index in [1.54, 1.807) is 17.5 Å². The van der Waals surface area contributed by atoms with Gasteiger partial charge in [-0.3, -0.25) is 0 Å². The highest BCUT2D eigenvalue weighted by atomic mass is 35.5. The Hall–Kier alpha value is -1.00. The first-order chi connectivity index (χ1) is 8.36. The van der Waals surface area contributed by atoms with Crippen LogP contribution in [0.1, 0.15) is 42.7 Å². The zero-order valence-corrected chi connectivity index (χ0v) is 12.6. The van der Waals surface area contributed by atoms with Crippen molar-refractivity contribution < 1.29 is 0 Å². The molecule has 96 valence electrons. The van der Waals surface area contributed by atoms with Crippen molar-refractivity contribution in [2.75, 3.05) is 0 Å². The van der Waals surface area contributed by atoms with Gasteiger partial charge in [0, 0.05) is 23.4 Å². The van der Waals surface area contributed by atoms with Gasteiger partial charge in [-0.15, -0.1) is 11.3 Å². The second-order valence-corrected chi connectivity index (χ2v) is 6.60. The standard InChI is InChI=1S/C13H16ClN3S/c1-8-6-15-12(14)16-9(8)5-11-17-10(7-18-11)13(2,3)4/h6-7H,5H2,1-4H3. The van der Waals surface area contributed by atoms with Crippen molar-refractivity contribution in [3.05, 3.63) is 38.8 Å². The predicted octanol–water partition coefficient (Wildman–Crippen LogP) is 3.78. The number of aryl methyl sites for hydroxylation is 1. The van der Waals surface area contributed by atoms with Gasteiger partial charge in [-0.2, -0.15) is 0 Å². The minimum atomic E-state index is 0.0904. The summed E-state index contributed by atoms with van der Waals surface area (Å²) in [6.45, 7) is 8.49. The van der Waals surface area contributed by atoms with Crippen LogP contribution in [0.4, 0.5) is 0 Å². The number of thiazole rings is 1. The van der Waals surface area contributed by atoms with Crippen molar-refractivity contribution in [1.29, 1.82) is 0 Å². The fourth-order valence-electron chi connectivity index (χ4n) is 1.51. The number of aromatic nitrogens is 3. The average Bonchev–Trinajstić information content (AvgIpc) is 2.71. The van der Waals surface area contributed by atoms with Crippen LogP contribution >= 0.6 is 22.9 Å². The Morgan fingerprint density at radius 2 is 2.00 bits per heavy atom. The molecule has 0 aromatic carbocycles. The lowest BCUT2D eigenvalue weighted by molar-refractivity contribution is 0.571. The molecule has 2 aromatic heterocycles. The maximum absolute atomic E-state index is 5.82. The van der Waals surface area contributed by atoms with E-state index in [1.165, 1.54) is 0 Å². The van der Waals surface area contributed by atoms with Crippen LogP contribution in [-0.2, 0) is 11.8 Å². The third-order valence-electron chi connectivity index (χ3n) is 2.69. The molecule has 0 bridgehead atoms. The van der Waals surface area contributed by atoms with Crippen LogP contribution in [-0.4, -0.2) is 15.0 Å². The minimum Gasteiger partial charge on any atom is -0.245 e. The van der Waals surface area contributed by atoms with Crippen LogP contribution < -0.4 is 0 Å². The van der Waals surface area contributed by atoms with Crippen molar-refractivity contribution >= 4 is 22.9 Å². The summed E-state index contributed by atoms with van der Waals surface area (Å²) in [5.74, 6) is 0. The third kappa shape index (κ3) is 3.06. The molecule has 18 heavy (non-hydrogen) atoms. The van der Waals surface area contributed by atoms with Crippen molar-refractivity contribution in [3.8, 4) is 0 Å².